The van der Waals surface area contributed by atoms with E-state index in [1.807, 2.05) is 7.05 Å². The summed E-state index contributed by atoms with van der Waals surface area (Å²) in [6.45, 7) is 1.47. The Labute approximate surface area is 146 Å². The number of nitrogens with one attached hydrogen (secondary N) is 2. The highest BCUT2D eigenvalue weighted by Crippen LogP contribution is 2.19. The fraction of sp³-hybridized carbons (Fsp3) is 0.500. The molecule has 134 valence electrons. The van der Waals surface area contributed by atoms with Gasteiger partial charge in [-0.2, -0.15) is 10.1 Å². The minimum absolute atomic E-state index is 0.258. The molecule has 0 spiro atoms. The minimum Gasteiger partial charge on any atom is -0.378 e. The van der Waals surface area contributed by atoms with Crippen LogP contribution in [0.4, 0.5) is 17.5 Å². The van der Waals surface area contributed by atoms with E-state index in [1.54, 1.807) is 17.1 Å². The van der Waals surface area contributed by atoms with E-state index in [0.717, 1.165) is 31.6 Å². The van der Waals surface area contributed by atoms with Crippen molar-refractivity contribution < 1.29 is 9.53 Å². The molecule has 1 amide bonds. The molecule has 9 heteroatoms. The second-order valence-electron chi connectivity index (χ2n) is 6.05. The van der Waals surface area contributed by atoms with Crippen molar-refractivity contribution in [1.29, 1.82) is 0 Å². The quantitative estimate of drug-likeness (QED) is 0.694. The molecule has 1 saturated heterocycles. The Bertz CT molecular complexity index is 725. The topological polar surface area (TPSA) is 120 Å². The van der Waals surface area contributed by atoms with E-state index in [1.165, 1.54) is 12.6 Å². The monoisotopic (exact) mass is 345 g/mol. The number of anilines is 3. The van der Waals surface area contributed by atoms with Gasteiger partial charge in [-0.15, -0.1) is 0 Å². The summed E-state index contributed by atoms with van der Waals surface area (Å²) in [6, 6.07) is 0. The summed E-state index contributed by atoms with van der Waals surface area (Å²) < 4.78 is 7.38. The molecule has 0 bridgehead atoms. The highest BCUT2D eigenvalue weighted by molar-refractivity contribution is 5.97. The second-order valence-corrected chi connectivity index (χ2v) is 6.05. The standard InChI is InChI=1S/C16H23N7O2/c1-23-10-11(8-20-23)21-16-19-9-13(14(17)24)15(22-16)18-6-5-12-4-2-3-7-25-12/h8-10,12H,2-7H2,1H3,(H2,17,24)(H2,18,19,21,22). The lowest BCUT2D eigenvalue weighted by Crippen LogP contribution is -2.23. The number of aromatic nitrogens is 4. The van der Waals surface area contributed by atoms with Crippen LogP contribution in [0.2, 0.25) is 0 Å². The van der Waals surface area contributed by atoms with Gasteiger partial charge in [-0.3, -0.25) is 9.48 Å². The molecular formula is C16H23N7O2. The van der Waals surface area contributed by atoms with E-state index < -0.39 is 5.91 Å². The molecule has 0 aromatic carbocycles. The maximum absolute atomic E-state index is 11.6. The molecule has 1 fully saturated rings. The van der Waals surface area contributed by atoms with Gasteiger partial charge in [-0.05, 0) is 25.7 Å². The van der Waals surface area contributed by atoms with Crippen LogP contribution < -0.4 is 16.4 Å². The molecule has 0 aliphatic carbocycles. The van der Waals surface area contributed by atoms with E-state index >= 15 is 0 Å². The molecular weight excluding hydrogens is 322 g/mol. The lowest BCUT2D eigenvalue weighted by atomic mass is 10.1. The SMILES string of the molecule is Cn1cc(Nc2ncc(C(N)=O)c(NCCC3CCCCO3)n2)cn1. The molecule has 1 atom stereocenters. The van der Waals surface area contributed by atoms with Crippen molar-refractivity contribution in [3.63, 3.8) is 0 Å². The van der Waals surface area contributed by atoms with Crippen molar-refractivity contribution in [2.24, 2.45) is 12.8 Å². The number of carbonyl (C=O) groups excluding carboxylic acids is 1. The molecule has 2 aromatic rings. The van der Waals surface area contributed by atoms with Crippen LogP contribution in [0.25, 0.3) is 0 Å². The zero-order valence-electron chi connectivity index (χ0n) is 14.2. The fourth-order valence-corrected chi connectivity index (χ4v) is 2.76. The van der Waals surface area contributed by atoms with Crippen LogP contribution in [0.15, 0.2) is 18.6 Å². The lowest BCUT2D eigenvalue weighted by molar-refractivity contribution is 0.0134. The fourth-order valence-electron chi connectivity index (χ4n) is 2.76. The Hall–Kier alpha value is -2.68. The average molecular weight is 345 g/mol. The summed E-state index contributed by atoms with van der Waals surface area (Å²) in [5, 5.41) is 10.3. The third-order valence-electron chi connectivity index (χ3n) is 4.05. The van der Waals surface area contributed by atoms with Gasteiger partial charge in [0.1, 0.15) is 5.82 Å². The third-order valence-corrected chi connectivity index (χ3v) is 4.05. The van der Waals surface area contributed by atoms with Crippen molar-refractivity contribution in [3.05, 3.63) is 24.2 Å². The van der Waals surface area contributed by atoms with Gasteiger partial charge < -0.3 is 21.1 Å². The number of amides is 1. The van der Waals surface area contributed by atoms with Crippen LogP contribution in [0.5, 0.6) is 0 Å². The maximum Gasteiger partial charge on any atom is 0.254 e. The number of ether oxygens (including phenoxy) is 1. The van der Waals surface area contributed by atoms with Crippen LogP contribution >= 0.6 is 0 Å². The van der Waals surface area contributed by atoms with Gasteiger partial charge in [-0.25, -0.2) is 4.98 Å². The molecule has 4 N–H and O–H groups in total. The number of primary amides is 1. The molecule has 1 aliphatic heterocycles. The van der Waals surface area contributed by atoms with Gasteiger partial charge in [0.15, 0.2) is 0 Å². The summed E-state index contributed by atoms with van der Waals surface area (Å²) >= 11 is 0. The number of rotatable bonds is 7. The predicted octanol–water partition coefficient (Wildman–Crippen LogP) is 1.42. The Kier molecular flexibility index (Phi) is 5.44. The number of nitrogens with zero attached hydrogens (tertiary/aromatic N) is 4. The molecule has 3 heterocycles. The highest BCUT2D eigenvalue weighted by atomic mass is 16.5. The van der Waals surface area contributed by atoms with Gasteiger partial charge in [0, 0.05) is 32.6 Å². The molecule has 1 aliphatic rings. The van der Waals surface area contributed by atoms with E-state index in [-0.39, 0.29) is 11.7 Å². The summed E-state index contributed by atoms with van der Waals surface area (Å²) in [4.78, 5) is 20.1. The number of hydrogen-bond acceptors (Lipinski definition) is 7. The molecule has 3 rings (SSSR count). The highest BCUT2D eigenvalue weighted by Gasteiger charge is 2.15. The Morgan fingerprint density at radius 1 is 1.44 bits per heavy atom. The first-order chi connectivity index (χ1) is 12.1. The average Bonchev–Trinajstić information content (AvgIpc) is 3.01. The molecule has 2 aromatic heterocycles. The van der Waals surface area contributed by atoms with Gasteiger partial charge in [0.05, 0.1) is 23.6 Å². The third kappa shape index (κ3) is 4.66. The van der Waals surface area contributed by atoms with Crippen LogP contribution in [-0.4, -0.2) is 44.9 Å². The maximum atomic E-state index is 11.6. The number of aryl methyl sites for hydroxylation is 1. The van der Waals surface area contributed by atoms with Crippen LogP contribution in [-0.2, 0) is 11.8 Å². The first-order valence-corrected chi connectivity index (χ1v) is 8.40. The van der Waals surface area contributed by atoms with Gasteiger partial charge in [0.25, 0.3) is 5.91 Å². The molecule has 25 heavy (non-hydrogen) atoms. The number of nitrogens with two attached hydrogens (primary N) is 1. The Balaban J connectivity index is 1.66. The smallest absolute Gasteiger partial charge is 0.254 e. The van der Waals surface area contributed by atoms with Crippen molar-refractivity contribution in [1.82, 2.24) is 19.7 Å². The molecule has 1 unspecified atom stereocenters. The first-order valence-electron chi connectivity index (χ1n) is 8.40. The minimum atomic E-state index is -0.565. The van der Waals surface area contributed by atoms with E-state index in [4.69, 9.17) is 10.5 Å². The van der Waals surface area contributed by atoms with Crippen molar-refractivity contribution >= 4 is 23.4 Å². The summed E-state index contributed by atoms with van der Waals surface area (Å²) in [7, 11) is 1.82. The van der Waals surface area contributed by atoms with Crippen molar-refractivity contribution in [2.75, 3.05) is 23.8 Å². The Morgan fingerprint density at radius 3 is 3.00 bits per heavy atom. The molecule has 9 nitrogen and oxygen atoms in total. The second kappa shape index (κ2) is 7.93. The predicted molar refractivity (Wildman–Crippen MR) is 93.7 cm³/mol. The summed E-state index contributed by atoms with van der Waals surface area (Å²) in [5.74, 6) is 0.225. The van der Waals surface area contributed by atoms with Gasteiger partial charge in [-0.1, -0.05) is 0 Å². The zero-order chi connectivity index (χ0) is 17.6. The summed E-state index contributed by atoms with van der Waals surface area (Å²) in [6.07, 6.45) is 9.41. The van der Waals surface area contributed by atoms with E-state index in [2.05, 4.69) is 25.7 Å². The normalized spacial score (nSPS) is 17.2. The molecule has 0 saturated carbocycles. The largest absolute Gasteiger partial charge is 0.378 e. The Morgan fingerprint density at radius 2 is 2.32 bits per heavy atom. The van der Waals surface area contributed by atoms with E-state index in [0.29, 0.717) is 18.3 Å². The van der Waals surface area contributed by atoms with Crippen LogP contribution in [0.3, 0.4) is 0 Å². The molecule has 0 radical (unpaired) electrons. The first kappa shape index (κ1) is 17.2. The lowest BCUT2D eigenvalue weighted by Gasteiger charge is -2.22. The summed E-state index contributed by atoms with van der Waals surface area (Å²) in [5.41, 5.74) is 6.44. The van der Waals surface area contributed by atoms with Crippen LogP contribution in [0, 0.1) is 0 Å². The number of hydrogen-bond donors (Lipinski definition) is 3. The van der Waals surface area contributed by atoms with Crippen LogP contribution in [0.1, 0.15) is 36.0 Å². The van der Waals surface area contributed by atoms with Crippen molar-refractivity contribution in [2.45, 2.75) is 31.8 Å². The van der Waals surface area contributed by atoms with Gasteiger partial charge in [0.2, 0.25) is 5.95 Å². The van der Waals surface area contributed by atoms with E-state index in [9.17, 15) is 4.79 Å². The van der Waals surface area contributed by atoms with Gasteiger partial charge >= 0.3 is 0 Å². The zero-order valence-corrected chi connectivity index (χ0v) is 14.2. The van der Waals surface area contributed by atoms with Crippen molar-refractivity contribution in [3.8, 4) is 0 Å². The number of carbonyl (C=O) groups is 1.